The molecule has 3 rings (SSSR count). The van der Waals surface area contributed by atoms with Gasteiger partial charge < -0.3 is 10.2 Å². The van der Waals surface area contributed by atoms with E-state index < -0.39 is 10.0 Å². The molecule has 2 heterocycles. The van der Waals surface area contributed by atoms with Crippen molar-refractivity contribution in [2.24, 2.45) is 0 Å². The molecule has 1 saturated heterocycles. The van der Waals surface area contributed by atoms with Crippen molar-refractivity contribution < 1.29 is 13.2 Å². The molecular formula is C21H28N4O3S2. The van der Waals surface area contributed by atoms with E-state index in [0.717, 1.165) is 18.8 Å². The standard InChI is InChI=1S/C21H28N4O3S2/c1-16(2)17-5-4-6-18(13-17)23-20(26)15-29-21-8-7-19(14-22-21)30(27,28)25-11-9-24(3)10-12-25/h4-8,13-14,16H,9-12,15H2,1-3H3,(H,23,26). The molecular weight excluding hydrogens is 420 g/mol. The number of hydrogen-bond donors (Lipinski definition) is 1. The number of sulfonamides is 1. The molecule has 1 N–H and O–H groups in total. The molecule has 1 amide bonds. The van der Waals surface area contributed by atoms with Gasteiger partial charge in [0.05, 0.1) is 10.8 Å². The largest absolute Gasteiger partial charge is 0.325 e. The van der Waals surface area contributed by atoms with Gasteiger partial charge >= 0.3 is 0 Å². The quantitative estimate of drug-likeness (QED) is 0.656. The van der Waals surface area contributed by atoms with Crippen LogP contribution >= 0.6 is 11.8 Å². The average Bonchev–Trinajstić information content (AvgIpc) is 2.73. The molecule has 1 fully saturated rings. The first kappa shape index (κ1) is 22.7. The number of nitrogens with one attached hydrogen (secondary N) is 1. The van der Waals surface area contributed by atoms with Gasteiger partial charge in [0.2, 0.25) is 15.9 Å². The van der Waals surface area contributed by atoms with Crippen LogP contribution in [0.3, 0.4) is 0 Å². The number of pyridine rings is 1. The Morgan fingerprint density at radius 1 is 1.17 bits per heavy atom. The molecule has 1 aromatic carbocycles. The van der Waals surface area contributed by atoms with Crippen molar-refractivity contribution in [3.63, 3.8) is 0 Å². The van der Waals surface area contributed by atoms with Crippen LogP contribution in [0.1, 0.15) is 25.3 Å². The van der Waals surface area contributed by atoms with Gasteiger partial charge in [-0.25, -0.2) is 13.4 Å². The molecule has 0 saturated carbocycles. The zero-order valence-electron chi connectivity index (χ0n) is 17.5. The summed E-state index contributed by atoms with van der Waals surface area (Å²) in [7, 11) is -1.55. The first-order chi connectivity index (χ1) is 14.3. The second kappa shape index (κ2) is 9.91. The minimum Gasteiger partial charge on any atom is -0.325 e. The lowest BCUT2D eigenvalue weighted by molar-refractivity contribution is -0.113. The second-order valence-electron chi connectivity index (χ2n) is 7.66. The fraction of sp³-hybridized carbons (Fsp3) is 0.429. The van der Waals surface area contributed by atoms with Crippen molar-refractivity contribution in [1.29, 1.82) is 0 Å². The number of piperazine rings is 1. The fourth-order valence-electron chi connectivity index (χ4n) is 3.09. The minimum absolute atomic E-state index is 0.128. The van der Waals surface area contributed by atoms with Crippen LogP contribution in [0, 0.1) is 0 Å². The SMILES string of the molecule is CC(C)c1cccc(NC(=O)CSc2ccc(S(=O)(=O)N3CCN(C)CC3)cn2)c1. The Morgan fingerprint density at radius 2 is 1.90 bits per heavy atom. The number of hydrogen-bond acceptors (Lipinski definition) is 6. The summed E-state index contributed by atoms with van der Waals surface area (Å²) in [6.07, 6.45) is 1.38. The third kappa shape index (κ3) is 5.81. The molecule has 0 unspecified atom stereocenters. The maximum Gasteiger partial charge on any atom is 0.244 e. The molecule has 0 aliphatic carbocycles. The zero-order valence-corrected chi connectivity index (χ0v) is 19.2. The lowest BCUT2D eigenvalue weighted by Crippen LogP contribution is -2.47. The average molecular weight is 449 g/mol. The van der Waals surface area contributed by atoms with E-state index in [2.05, 4.69) is 29.0 Å². The summed E-state index contributed by atoms with van der Waals surface area (Å²) in [6.45, 7) is 6.61. The van der Waals surface area contributed by atoms with Gasteiger partial charge in [0.25, 0.3) is 0 Å². The number of carbonyl (C=O) groups is 1. The lowest BCUT2D eigenvalue weighted by atomic mass is 10.0. The van der Waals surface area contributed by atoms with Crippen molar-refractivity contribution >= 4 is 33.4 Å². The Kier molecular flexibility index (Phi) is 7.51. The van der Waals surface area contributed by atoms with Crippen LogP contribution in [-0.2, 0) is 14.8 Å². The zero-order chi connectivity index (χ0) is 21.7. The Labute approximate surface area is 182 Å². The van der Waals surface area contributed by atoms with Crippen LogP contribution < -0.4 is 5.32 Å². The minimum atomic E-state index is -3.53. The van der Waals surface area contributed by atoms with Crippen LogP contribution in [0.4, 0.5) is 5.69 Å². The van der Waals surface area contributed by atoms with Crippen molar-refractivity contribution in [2.45, 2.75) is 29.7 Å². The van der Waals surface area contributed by atoms with Crippen LogP contribution in [-0.4, -0.2) is 67.5 Å². The summed E-state index contributed by atoms with van der Waals surface area (Å²) in [6, 6.07) is 11.0. The van der Waals surface area contributed by atoms with Crippen molar-refractivity contribution in [1.82, 2.24) is 14.2 Å². The Hall–Kier alpha value is -1.94. The molecule has 30 heavy (non-hydrogen) atoms. The van der Waals surface area contributed by atoms with Crippen LogP contribution in [0.5, 0.6) is 0 Å². The van der Waals surface area contributed by atoms with E-state index >= 15 is 0 Å². The molecule has 1 aliphatic heterocycles. The van der Waals surface area contributed by atoms with E-state index in [1.54, 1.807) is 12.1 Å². The molecule has 2 aromatic rings. The summed E-state index contributed by atoms with van der Waals surface area (Å²) >= 11 is 1.28. The second-order valence-corrected chi connectivity index (χ2v) is 10.6. The maximum atomic E-state index is 12.7. The van der Waals surface area contributed by atoms with Crippen molar-refractivity contribution in [3.05, 3.63) is 48.2 Å². The molecule has 1 aromatic heterocycles. The monoisotopic (exact) mass is 448 g/mol. The lowest BCUT2D eigenvalue weighted by Gasteiger charge is -2.31. The highest BCUT2D eigenvalue weighted by molar-refractivity contribution is 7.99. The highest BCUT2D eigenvalue weighted by atomic mass is 32.2. The van der Waals surface area contributed by atoms with E-state index in [1.807, 2.05) is 31.3 Å². The third-order valence-corrected chi connectivity index (χ3v) is 7.82. The maximum absolute atomic E-state index is 12.7. The van der Waals surface area contributed by atoms with Crippen LogP contribution in [0.2, 0.25) is 0 Å². The number of carbonyl (C=O) groups excluding carboxylic acids is 1. The van der Waals surface area contributed by atoms with Gasteiger partial charge in [-0.2, -0.15) is 4.31 Å². The number of benzene rings is 1. The Bertz CT molecular complexity index is 970. The number of thioether (sulfide) groups is 1. The smallest absolute Gasteiger partial charge is 0.244 e. The fourth-order valence-corrected chi connectivity index (χ4v) is 5.11. The number of rotatable bonds is 7. The van der Waals surface area contributed by atoms with Gasteiger partial charge in [-0.1, -0.05) is 37.7 Å². The molecule has 0 atom stereocenters. The first-order valence-electron chi connectivity index (χ1n) is 9.93. The highest BCUT2D eigenvalue weighted by Gasteiger charge is 2.27. The van der Waals surface area contributed by atoms with Crippen LogP contribution in [0.25, 0.3) is 0 Å². The number of amides is 1. The van der Waals surface area contributed by atoms with Crippen molar-refractivity contribution in [2.75, 3.05) is 44.3 Å². The molecule has 1 aliphatic rings. The topological polar surface area (TPSA) is 82.6 Å². The van der Waals surface area contributed by atoms with Gasteiger partial charge in [-0.05, 0) is 42.8 Å². The number of nitrogens with zero attached hydrogens (tertiary/aromatic N) is 3. The Balaban J connectivity index is 1.55. The molecule has 0 bridgehead atoms. The summed E-state index contributed by atoms with van der Waals surface area (Å²) < 4.78 is 27.0. The van der Waals surface area contributed by atoms with Gasteiger partial charge in [0.1, 0.15) is 4.90 Å². The van der Waals surface area contributed by atoms with Gasteiger partial charge in [-0.15, -0.1) is 0 Å². The molecule has 0 spiro atoms. The number of anilines is 1. The number of likely N-dealkylation sites (N-methyl/N-ethyl adjacent to an activating group) is 1. The van der Waals surface area contributed by atoms with E-state index in [0.29, 0.717) is 24.0 Å². The summed E-state index contributed by atoms with van der Waals surface area (Å²) in [5, 5.41) is 3.51. The van der Waals surface area contributed by atoms with Gasteiger partial charge in [0, 0.05) is 38.1 Å². The third-order valence-electron chi connectivity index (χ3n) is 5.00. The van der Waals surface area contributed by atoms with Gasteiger partial charge in [-0.3, -0.25) is 4.79 Å². The molecule has 162 valence electrons. The summed E-state index contributed by atoms with van der Waals surface area (Å²) in [5.74, 6) is 0.460. The predicted molar refractivity (Wildman–Crippen MR) is 120 cm³/mol. The highest BCUT2D eigenvalue weighted by Crippen LogP contribution is 2.22. The van der Waals surface area contributed by atoms with Crippen molar-refractivity contribution in [3.8, 4) is 0 Å². The predicted octanol–water partition coefficient (Wildman–Crippen LogP) is 2.87. The molecule has 7 nitrogen and oxygen atoms in total. The van der Waals surface area contributed by atoms with E-state index in [9.17, 15) is 13.2 Å². The van der Waals surface area contributed by atoms with Crippen LogP contribution in [0.15, 0.2) is 52.5 Å². The summed E-state index contributed by atoms with van der Waals surface area (Å²) in [4.78, 5) is 18.8. The number of aromatic nitrogens is 1. The Morgan fingerprint density at radius 3 is 2.53 bits per heavy atom. The van der Waals surface area contributed by atoms with E-state index in [-0.39, 0.29) is 16.6 Å². The molecule has 0 radical (unpaired) electrons. The summed E-state index contributed by atoms with van der Waals surface area (Å²) in [5.41, 5.74) is 1.94. The van der Waals surface area contributed by atoms with E-state index in [1.165, 1.54) is 27.8 Å². The molecule has 9 heteroatoms. The first-order valence-corrected chi connectivity index (χ1v) is 12.4. The van der Waals surface area contributed by atoms with Gasteiger partial charge in [0.15, 0.2) is 0 Å². The van der Waals surface area contributed by atoms with E-state index in [4.69, 9.17) is 0 Å². The normalized spacial score (nSPS) is 16.0.